The molecular formula is C17H13F3N6O2. The molecule has 8 nitrogen and oxygen atoms in total. The summed E-state index contributed by atoms with van der Waals surface area (Å²) in [6.45, 7) is 2.78. The average molecular weight is 390 g/mol. The topological polar surface area (TPSA) is 128 Å². The number of nitrogens with one attached hydrogen (secondary N) is 2. The minimum absolute atomic E-state index is 0.0111. The maximum Gasteiger partial charge on any atom is 0.417 e. The van der Waals surface area contributed by atoms with E-state index in [1.807, 2.05) is 6.07 Å². The Kier molecular flexibility index (Phi) is 4.42. The number of anilines is 1. The van der Waals surface area contributed by atoms with Crippen LogP contribution in [-0.2, 0) is 11.0 Å². The SMILES string of the molecule is CC(C)(Nc1ncc(C#N)c(-c2c[nH]c3ncc(C(F)(F)F)cc23)n1)C(=O)O. The zero-order chi connectivity index (χ0) is 20.7. The summed E-state index contributed by atoms with van der Waals surface area (Å²) in [6, 6.07) is 2.79. The molecule has 0 unspecified atom stereocenters. The maximum atomic E-state index is 13.0. The molecule has 144 valence electrons. The fraction of sp³-hybridized carbons (Fsp3) is 0.235. The van der Waals surface area contributed by atoms with Crippen LogP contribution in [0.1, 0.15) is 25.0 Å². The van der Waals surface area contributed by atoms with Crippen molar-refractivity contribution in [1.29, 1.82) is 5.26 Å². The molecule has 0 aliphatic heterocycles. The number of H-pyrrole nitrogens is 1. The van der Waals surface area contributed by atoms with E-state index in [4.69, 9.17) is 0 Å². The largest absolute Gasteiger partial charge is 0.480 e. The monoisotopic (exact) mass is 390 g/mol. The number of nitriles is 1. The number of carboxylic acids is 1. The van der Waals surface area contributed by atoms with Crippen molar-refractivity contribution in [1.82, 2.24) is 19.9 Å². The summed E-state index contributed by atoms with van der Waals surface area (Å²) < 4.78 is 39.1. The predicted octanol–water partition coefficient (Wildman–Crippen LogP) is 3.19. The zero-order valence-electron chi connectivity index (χ0n) is 14.6. The fourth-order valence-electron chi connectivity index (χ4n) is 2.42. The zero-order valence-corrected chi connectivity index (χ0v) is 14.6. The highest BCUT2D eigenvalue weighted by Crippen LogP contribution is 2.34. The van der Waals surface area contributed by atoms with E-state index in [-0.39, 0.29) is 33.8 Å². The number of aromatic nitrogens is 4. The number of aliphatic carboxylic acids is 1. The van der Waals surface area contributed by atoms with E-state index in [2.05, 4.69) is 25.3 Å². The van der Waals surface area contributed by atoms with Gasteiger partial charge in [0.25, 0.3) is 0 Å². The van der Waals surface area contributed by atoms with Crippen LogP contribution < -0.4 is 5.32 Å². The van der Waals surface area contributed by atoms with Gasteiger partial charge in [-0.3, -0.25) is 0 Å². The van der Waals surface area contributed by atoms with Crippen LogP contribution in [0, 0.1) is 11.3 Å². The van der Waals surface area contributed by atoms with Crippen LogP contribution in [-0.4, -0.2) is 36.6 Å². The number of hydrogen-bond acceptors (Lipinski definition) is 6. The van der Waals surface area contributed by atoms with Crippen molar-refractivity contribution in [3.8, 4) is 17.3 Å². The summed E-state index contributed by atoms with van der Waals surface area (Å²) in [5.74, 6) is -1.25. The molecular weight excluding hydrogens is 377 g/mol. The average Bonchev–Trinajstić information content (AvgIpc) is 3.03. The van der Waals surface area contributed by atoms with Crippen molar-refractivity contribution >= 4 is 23.0 Å². The molecule has 0 bridgehead atoms. The predicted molar refractivity (Wildman–Crippen MR) is 92.2 cm³/mol. The second kappa shape index (κ2) is 6.49. The van der Waals surface area contributed by atoms with Crippen LogP contribution in [0.3, 0.4) is 0 Å². The highest BCUT2D eigenvalue weighted by atomic mass is 19.4. The lowest BCUT2D eigenvalue weighted by Gasteiger charge is -2.21. The van der Waals surface area contributed by atoms with Gasteiger partial charge < -0.3 is 15.4 Å². The number of rotatable bonds is 4. The standard InChI is InChI=1S/C17H13F3N6O2/c1-16(2,14(27)28)26-15-24-5-8(4-21)12(25-15)11-7-23-13-10(11)3-9(6-22-13)17(18,19)20/h3,5-7H,1-2H3,(H,22,23)(H,27,28)(H,24,25,26). The van der Waals surface area contributed by atoms with Crippen molar-refractivity contribution < 1.29 is 23.1 Å². The minimum atomic E-state index is -4.59. The molecule has 3 aromatic rings. The number of carboxylic acid groups (broad SMARTS) is 1. The van der Waals surface area contributed by atoms with Gasteiger partial charge in [-0.1, -0.05) is 0 Å². The lowest BCUT2D eigenvalue weighted by Crippen LogP contribution is -2.40. The minimum Gasteiger partial charge on any atom is -0.480 e. The van der Waals surface area contributed by atoms with E-state index >= 15 is 0 Å². The number of alkyl halides is 3. The van der Waals surface area contributed by atoms with Gasteiger partial charge in [-0.25, -0.2) is 19.7 Å². The molecule has 0 aromatic carbocycles. The van der Waals surface area contributed by atoms with Crippen LogP contribution >= 0.6 is 0 Å². The summed E-state index contributed by atoms with van der Waals surface area (Å²) in [7, 11) is 0. The molecule has 0 aliphatic rings. The van der Waals surface area contributed by atoms with Crippen molar-refractivity contribution in [2.24, 2.45) is 0 Å². The molecule has 0 saturated carbocycles. The molecule has 3 rings (SSSR count). The van der Waals surface area contributed by atoms with Crippen LogP contribution in [0.15, 0.2) is 24.7 Å². The summed E-state index contributed by atoms with van der Waals surface area (Å²) in [5, 5.41) is 21.3. The summed E-state index contributed by atoms with van der Waals surface area (Å²) in [6.07, 6.45) is -1.33. The molecule has 0 saturated heterocycles. The lowest BCUT2D eigenvalue weighted by atomic mass is 10.1. The first kappa shape index (κ1) is 19.1. The maximum absolute atomic E-state index is 13.0. The van der Waals surface area contributed by atoms with E-state index in [1.165, 1.54) is 26.2 Å². The van der Waals surface area contributed by atoms with Gasteiger partial charge in [0.1, 0.15) is 17.3 Å². The van der Waals surface area contributed by atoms with Crippen LogP contribution in [0.2, 0.25) is 0 Å². The Morgan fingerprint density at radius 2 is 2.00 bits per heavy atom. The van der Waals surface area contributed by atoms with Gasteiger partial charge in [-0.15, -0.1) is 0 Å². The second-order valence-electron chi connectivity index (χ2n) is 6.44. The number of halogens is 3. The van der Waals surface area contributed by atoms with Gasteiger partial charge in [-0.2, -0.15) is 18.4 Å². The molecule has 3 N–H and O–H groups in total. The number of nitrogens with zero attached hydrogens (tertiary/aromatic N) is 4. The van der Waals surface area contributed by atoms with Crippen molar-refractivity contribution in [2.45, 2.75) is 25.6 Å². The Morgan fingerprint density at radius 1 is 1.29 bits per heavy atom. The van der Waals surface area contributed by atoms with Gasteiger partial charge in [0, 0.05) is 23.3 Å². The first-order chi connectivity index (χ1) is 13.0. The third-order valence-corrected chi connectivity index (χ3v) is 3.98. The lowest BCUT2D eigenvalue weighted by molar-refractivity contribution is -0.141. The Balaban J connectivity index is 2.16. The Bertz CT molecular complexity index is 1110. The molecule has 3 aromatic heterocycles. The van der Waals surface area contributed by atoms with Gasteiger partial charge in [0.15, 0.2) is 0 Å². The van der Waals surface area contributed by atoms with E-state index < -0.39 is 23.2 Å². The highest BCUT2D eigenvalue weighted by molar-refractivity contribution is 5.94. The third-order valence-electron chi connectivity index (χ3n) is 3.98. The second-order valence-corrected chi connectivity index (χ2v) is 6.44. The van der Waals surface area contributed by atoms with Gasteiger partial charge in [0.05, 0.1) is 23.0 Å². The van der Waals surface area contributed by atoms with Gasteiger partial charge in [0.2, 0.25) is 5.95 Å². The van der Waals surface area contributed by atoms with Gasteiger partial charge in [-0.05, 0) is 19.9 Å². The first-order valence-electron chi connectivity index (χ1n) is 7.86. The molecule has 28 heavy (non-hydrogen) atoms. The Morgan fingerprint density at radius 3 is 2.61 bits per heavy atom. The molecule has 0 fully saturated rings. The number of carbonyl (C=O) groups is 1. The molecule has 0 spiro atoms. The first-order valence-corrected chi connectivity index (χ1v) is 7.86. The van der Waals surface area contributed by atoms with Crippen molar-refractivity contribution in [2.75, 3.05) is 5.32 Å². The van der Waals surface area contributed by atoms with E-state index in [0.717, 1.165) is 6.07 Å². The fourth-order valence-corrected chi connectivity index (χ4v) is 2.42. The van der Waals surface area contributed by atoms with E-state index in [0.29, 0.717) is 6.20 Å². The number of hydrogen-bond donors (Lipinski definition) is 3. The summed E-state index contributed by atoms with van der Waals surface area (Å²) in [4.78, 5) is 25.8. The Labute approximate surface area is 156 Å². The molecule has 0 aliphatic carbocycles. The normalized spacial score (nSPS) is 12.0. The molecule has 0 atom stereocenters. The van der Waals surface area contributed by atoms with E-state index in [9.17, 15) is 28.3 Å². The van der Waals surface area contributed by atoms with Gasteiger partial charge >= 0.3 is 12.1 Å². The molecule has 3 heterocycles. The molecule has 0 radical (unpaired) electrons. The van der Waals surface area contributed by atoms with E-state index in [1.54, 1.807) is 0 Å². The van der Waals surface area contributed by atoms with Crippen LogP contribution in [0.4, 0.5) is 19.1 Å². The van der Waals surface area contributed by atoms with Crippen LogP contribution in [0.25, 0.3) is 22.3 Å². The molecule has 0 amide bonds. The highest BCUT2D eigenvalue weighted by Gasteiger charge is 2.32. The third kappa shape index (κ3) is 3.44. The summed E-state index contributed by atoms with van der Waals surface area (Å²) >= 11 is 0. The van der Waals surface area contributed by atoms with Crippen molar-refractivity contribution in [3.05, 3.63) is 35.8 Å². The summed E-state index contributed by atoms with van der Waals surface area (Å²) in [5.41, 5.74) is -1.89. The number of aromatic amines is 1. The van der Waals surface area contributed by atoms with Crippen molar-refractivity contribution in [3.63, 3.8) is 0 Å². The number of pyridine rings is 1. The Hall–Kier alpha value is -3.68. The quantitative estimate of drug-likeness (QED) is 0.624. The smallest absolute Gasteiger partial charge is 0.417 e. The molecule has 11 heteroatoms. The number of fused-ring (bicyclic) bond motifs is 1. The van der Waals surface area contributed by atoms with Crippen LogP contribution in [0.5, 0.6) is 0 Å².